The van der Waals surface area contributed by atoms with Crippen molar-refractivity contribution in [2.75, 3.05) is 5.32 Å². The standard InChI is InChI=1S/C12H15BrN4/c1-3-17-11(15-8-16-17)7-14-10-6-4-5-9(2)12(10)13/h4-6,8,14H,3,7H2,1-2H3. The van der Waals surface area contributed by atoms with Crippen LogP contribution in [0.2, 0.25) is 0 Å². The topological polar surface area (TPSA) is 42.7 Å². The number of aromatic nitrogens is 3. The van der Waals surface area contributed by atoms with Crippen LogP contribution in [0.4, 0.5) is 5.69 Å². The number of hydrogen-bond acceptors (Lipinski definition) is 3. The lowest BCUT2D eigenvalue weighted by molar-refractivity contribution is 0.622. The molecule has 0 atom stereocenters. The SMILES string of the molecule is CCn1ncnc1CNc1cccc(C)c1Br. The summed E-state index contributed by atoms with van der Waals surface area (Å²) in [7, 11) is 0. The smallest absolute Gasteiger partial charge is 0.146 e. The van der Waals surface area contributed by atoms with Gasteiger partial charge in [0.05, 0.1) is 6.54 Å². The van der Waals surface area contributed by atoms with E-state index in [0.717, 1.165) is 22.5 Å². The minimum Gasteiger partial charge on any atom is -0.377 e. The first-order chi connectivity index (χ1) is 8.22. The third kappa shape index (κ3) is 2.66. The maximum absolute atomic E-state index is 4.23. The van der Waals surface area contributed by atoms with Gasteiger partial charge in [-0.05, 0) is 41.4 Å². The monoisotopic (exact) mass is 294 g/mol. The fourth-order valence-electron chi connectivity index (χ4n) is 1.65. The first-order valence-corrected chi connectivity index (χ1v) is 6.37. The Labute approximate surface area is 109 Å². The lowest BCUT2D eigenvalue weighted by Crippen LogP contribution is -2.09. The zero-order valence-corrected chi connectivity index (χ0v) is 11.5. The molecule has 17 heavy (non-hydrogen) atoms. The second-order valence-electron chi connectivity index (χ2n) is 3.78. The van der Waals surface area contributed by atoms with Gasteiger partial charge in [0, 0.05) is 16.7 Å². The molecule has 1 N–H and O–H groups in total. The van der Waals surface area contributed by atoms with E-state index in [1.165, 1.54) is 5.56 Å². The van der Waals surface area contributed by atoms with Crippen LogP contribution in [0.1, 0.15) is 18.3 Å². The van der Waals surface area contributed by atoms with E-state index < -0.39 is 0 Å². The molecule has 1 aromatic heterocycles. The maximum Gasteiger partial charge on any atom is 0.146 e. The highest BCUT2D eigenvalue weighted by atomic mass is 79.9. The van der Waals surface area contributed by atoms with Crippen molar-refractivity contribution in [1.82, 2.24) is 14.8 Å². The second kappa shape index (κ2) is 5.31. The number of benzene rings is 1. The van der Waals surface area contributed by atoms with Gasteiger partial charge in [-0.2, -0.15) is 5.10 Å². The molecule has 5 heteroatoms. The molecule has 2 rings (SSSR count). The summed E-state index contributed by atoms with van der Waals surface area (Å²) in [5.74, 6) is 0.945. The van der Waals surface area contributed by atoms with Crippen molar-refractivity contribution in [2.24, 2.45) is 0 Å². The predicted molar refractivity (Wildman–Crippen MR) is 71.9 cm³/mol. The largest absolute Gasteiger partial charge is 0.377 e. The first kappa shape index (κ1) is 12.1. The average Bonchev–Trinajstić information content (AvgIpc) is 2.78. The molecule has 1 aromatic carbocycles. The number of halogens is 1. The minimum absolute atomic E-state index is 0.676. The lowest BCUT2D eigenvalue weighted by atomic mass is 10.2. The second-order valence-corrected chi connectivity index (χ2v) is 4.58. The molecule has 0 aliphatic heterocycles. The van der Waals surface area contributed by atoms with E-state index >= 15 is 0 Å². The summed E-state index contributed by atoms with van der Waals surface area (Å²) in [6.07, 6.45) is 1.59. The molecule has 0 radical (unpaired) electrons. The van der Waals surface area contributed by atoms with Crippen molar-refractivity contribution in [2.45, 2.75) is 26.9 Å². The Morgan fingerprint density at radius 3 is 3.00 bits per heavy atom. The maximum atomic E-state index is 4.23. The molecule has 4 nitrogen and oxygen atoms in total. The highest BCUT2D eigenvalue weighted by Crippen LogP contribution is 2.25. The van der Waals surface area contributed by atoms with Gasteiger partial charge >= 0.3 is 0 Å². The highest BCUT2D eigenvalue weighted by Gasteiger charge is 2.05. The summed E-state index contributed by atoms with van der Waals surface area (Å²) < 4.78 is 2.99. The molecule has 1 heterocycles. The third-order valence-electron chi connectivity index (χ3n) is 2.62. The van der Waals surface area contributed by atoms with E-state index in [2.05, 4.69) is 51.2 Å². The summed E-state index contributed by atoms with van der Waals surface area (Å²) in [6, 6.07) is 6.15. The number of hydrogen-bond donors (Lipinski definition) is 1. The van der Waals surface area contributed by atoms with Crippen LogP contribution in [0.25, 0.3) is 0 Å². The molecular weight excluding hydrogens is 280 g/mol. The Morgan fingerprint density at radius 2 is 2.24 bits per heavy atom. The molecule has 0 unspecified atom stereocenters. The van der Waals surface area contributed by atoms with Crippen LogP contribution in [0.15, 0.2) is 29.0 Å². The van der Waals surface area contributed by atoms with Gasteiger partial charge in [0.2, 0.25) is 0 Å². The van der Waals surface area contributed by atoms with Crippen molar-refractivity contribution in [3.8, 4) is 0 Å². The van der Waals surface area contributed by atoms with E-state index in [-0.39, 0.29) is 0 Å². The quantitative estimate of drug-likeness (QED) is 0.943. The van der Waals surface area contributed by atoms with E-state index in [9.17, 15) is 0 Å². The lowest BCUT2D eigenvalue weighted by Gasteiger charge is -2.10. The van der Waals surface area contributed by atoms with Crippen molar-refractivity contribution in [3.63, 3.8) is 0 Å². The summed E-state index contributed by atoms with van der Waals surface area (Å²) in [6.45, 7) is 5.65. The molecule has 0 amide bonds. The van der Waals surface area contributed by atoms with E-state index in [1.54, 1.807) is 6.33 Å². The average molecular weight is 295 g/mol. The Morgan fingerprint density at radius 1 is 1.41 bits per heavy atom. The Kier molecular flexibility index (Phi) is 3.78. The van der Waals surface area contributed by atoms with Crippen LogP contribution >= 0.6 is 15.9 Å². The molecule has 0 saturated heterocycles. The van der Waals surface area contributed by atoms with E-state index in [1.807, 2.05) is 16.8 Å². The molecule has 0 aliphatic rings. The molecule has 0 aliphatic carbocycles. The van der Waals surface area contributed by atoms with Crippen LogP contribution in [0.3, 0.4) is 0 Å². The fraction of sp³-hybridized carbons (Fsp3) is 0.333. The van der Waals surface area contributed by atoms with Gasteiger partial charge in [-0.15, -0.1) is 0 Å². The summed E-state index contributed by atoms with van der Waals surface area (Å²) >= 11 is 3.57. The van der Waals surface area contributed by atoms with Crippen LogP contribution in [0, 0.1) is 6.92 Å². The number of nitrogens with one attached hydrogen (secondary N) is 1. The fourth-order valence-corrected chi connectivity index (χ4v) is 2.05. The van der Waals surface area contributed by atoms with Crippen molar-refractivity contribution < 1.29 is 0 Å². The van der Waals surface area contributed by atoms with Gasteiger partial charge in [-0.25, -0.2) is 9.67 Å². The molecule has 0 fully saturated rings. The highest BCUT2D eigenvalue weighted by molar-refractivity contribution is 9.10. The Balaban J connectivity index is 2.10. The van der Waals surface area contributed by atoms with E-state index in [0.29, 0.717) is 6.54 Å². The van der Waals surface area contributed by atoms with Crippen molar-refractivity contribution in [1.29, 1.82) is 0 Å². The molecule has 0 bridgehead atoms. The van der Waals surface area contributed by atoms with Crippen LogP contribution in [-0.4, -0.2) is 14.8 Å². The number of anilines is 1. The van der Waals surface area contributed by atoms with Crippen LogP contribution < -0.4 is 5.32 Å². The molecule has 0 saturated carbocycles. The van der Waals surface area contributed by atoms with Gasteiger partial charge in [-0.1, -0.05) is 12.1 Å². The van der Waals surface area contributed by atoms with E-state index in [4.69, 9.17) is 0 Å². The van der Waals surface area contributed by atoms with Gasteiger partial charge < -0.3 is 5.32 Å². The summed E-state index contributed by atoms with van der Waals surface area (Å²) in [5, 5.41) is 7.50. The number of nitrogens with zero attached hydrogens (tertiary/aromatic N) is 3. The van der Waals surface area contributed by atoms with Crippen molar-refractivity contribution >= 4 is 21.6 Å². The zero-order chi connectivity index (χ0) is 12.3. The van der Waals surface area contributed by atoms with Crippen molar-refractivity contribution in [3.05, 3.63) is 40.4 Å². The van der Waals surface area contributed by atoms with Crippen LogP contribution in [0.5, 0.6) is 0 Å². The zero-order valence-electron chi connectivity index (χ0n) is 9.94. The predicted octanol–water partition coefficient (Wildman–Crippen LogP) is 2.98. The summed E-state index contributed by atoms with van der Waals surface area (Å²) in [4.78, 5) is 4.23. The molecular formula is C12H15BrN4. The van der Waals surface area contributed by atoms with Gasteiger partial charge in [0.15, 0.2) is 0 Å². The normalized spacial score (nSPS) is 10.5. The number of aryl methyl sites for hydroxylation is 2. The summed E-state index contributed by atoms with van der Waals surface area (Å²) in [5.41, 5.74) is 2.29. The third-order valence-corrected chi connectivity index (χ3v) is 3.68. The Hall–Kier alpha value is -1.36. The molecule has 2 aromatic rings. The minimum atomic E-state index is 0.676. The van der Waals surface area contributed by atoms with Gasteiger partial charge in [-0.3, -0.25) is 0 Å². The van der Waals surface area contributed by atoms with Gasteiger partial charge in [0.25, 0.3) is 0 Å². The van der Waals surface area contributed by atoms with Crippen LogP contribution in [-0.2, 0) is 13.1 Å². The molecule has 90 valence electrons. The Bertz CT molecular complexity index is 507. The van der Waals surface area contributed by atoms with Gasteiger partial charge in [0.1, 0.15) is 12.2 Å². The molecule has 0 spiro atoms. The number of rotatable bonds is 4. The first-order valence-electron chi connectivity index (χ1n) is 5.58.